The van der Waals surface area contributed by atoms with E-state index in [0.717, 1.165) is 0 Å². The minimum absolute atomic E-state index is 0.00879. The van der Waals surface area contributed by atoms with E-state index in [1.54, 1.807) is 20.8 Å². The first-order chi connectivity index (χ1) is 9.52. The zero-order valence-corrected chi connectivity index (χ0v) is 13.7. The van der Waals surface area contributed by atoms with Crippen LogP contribution in [0.2, 0.25) is 0 Å². The van der Waals surface area contributed by atoms with Crippen LogP contribution < -0.4 is 5.32 Å². The van der Waals surface area contributed by atoms with Crippen LogP contribution in [0, 0.1) is 5.92 Å². The number of carbonyl (C=O) groups excluding carboxylic acids is 2. The van der Waals surface area contributed by atoms with Crippen molar-refractivity contribution in [2.45, 2.75) is 45.3 Å². The molecule has 8 heteroatoms. The van der Waals surface area contributed by atoms with Crippen LogP contribution in [-0.4, -0.2) is 50.7 Å². The lowest BCUT2D eigenvalue weighted by atomic mass is 9.95. The molecule has 1 aliphatic heterocycles. The van der Waals surface area contributed by atoms with E-state index in [-0.39, 0.29) is 24.3 Å². The zero-order chi connectivity index (χ0) is 16.3. The van der Waals surface area contributed by atoms with Crippen molar-refractivity contribution >= 4 is 21.9 Å². The Morgan fingerprint density at radius 1 is 1.29 bits per heavy atom. The van der Waals surface area contributed by atoms with Crippen molar-refractivity contribution in [1.82, 2.24) is 5.32 Å². The average molecular weight is 321 g/mol. The number of nitrogens with one attached hydrogen (secondary N) is 1. The molecule has 21 heavy (non-hydrogen) atoms. The lowest BCUT2D eigenvalue weighted by molar-refractivity contribution is -0.141. The number of amides is 1. The lowest BCUT2D eigenvalue weighted by Gasteiger charge is -2.32. The average Bonchev–Trinajstić information content (AvgIpc) is 2.29. The summed E-state index contributed by atoms with van der Waals surface area (Å²) in [6, 6.07) is -0.414. The summed E-state index contributed by atoms with van der Waals surface area (Å²) in [7, 11) is -1.94. The molecule has 0 aromatic carbocycles. The van der Waals surface area contributed by atoms with E-state index in [2.05, 4.69) is 10.1 Å². The minimum atomic E-state index is -3.19. The van der Waals surface area contributed by atoms with Crippen molar-refractivity contribution < 1.29 is 27.5 Å². The van der Waals surface area contributed by atoms with Gasteiger partial charge in [-0.05, 0) is 27.2 Å². The van der Waals surface area contributed by atoms with Gasteiger partial charge in [-0.1, -0.05) is 0 Å². The number of esters is 1. The van der Waals surface area contributed by atoms with Gasteiger partial charge in [0.1, 0.15) is 5.60 Å². The third-order valence-electron chi connectivity index (χ3n) is 3.14. The maximum absolute atomic E-state index is 11.8. The largest absolute Gasteiger partial charge is 0.469 e. The fourth-order valence-electron chi connectivity index (χ4n) is 2.22. The summed E-state index contributed by atoms with van der Waals surface area (Å²) in [5.74, 6) is -1.13. The van der Waals surface area contributed by atoms with Crippen molar-refractivity contribution in [3.63, 3.8) is 0 Å². The second-order valence-electron chi connectivity index (χ2n) is 6.20. The number of carbonyl (C=O) groups is 2. The molecule has 0 bridgehead atoms. The summed E-state index contributed by atoms with van der Waals surface area (Å²) in [6.07, 6.45) is -0.388. The topological polar surface area (TPSA) is 98.8 Å². The maximum atomic E-state index is 11.8. The number of methoxy groups -OCH3 is 1. The summed E-state index contributed by atoms with van der Waals surface area (Å²) in [4.78, 5) is 23.2. The zero-order valence-electron chi connectivity index (χ0n) is 12.8. The van der Waals surface area contributed by atoms with Crippen molar-refractivity contribution in [1.29, 1.82) is 0 Å². The molecule has 7 nitrogen and oxygen atoms in total. The van der Waals surface area contributed by atoms with Gasteiger partial charge >= 0.3 is 12.1 Å². The Morgan fingerprint density at radius 3 is 2.43 bits per heavy atom. The van der Waals surface area contributed by atoms with Crippen LogP contribution in [0.1, 0.15) is 33.6 Å². The summed E-state index contributed by atoms with van der Waals surface area (Å²) >= 11 is 0. The summed E-state index contributed by atoms with van der Waals surface area (Å²) in [5.41, 5.74) is -0.636. The molecule has 122 valence electrons. The Bertz CT molecular complexity index is 493. The number of hydrogen-bond acceptors (Lipinski definition) is 6. The molecule has 1 aliphatic rings. The minimum Gasteiger partial charge on any atom is -0.469 e. The highest BCUT2D eigenvalue weighted by atomic mass is 32.2. The van der Waals surface area contributed by atoms with Crippen LogP contribution in [0.3, 0.4) is 0 Å². The molecule has 0 aromatic heterocycles. The van der Waals surface area contributed by atoms with E-state index in [1.165, 1.54) is 7.11 Å². The van der Waals surface area contributed by atoms with Crippen LogP contribution in [0.25, 0.3) is 0 Å². The van der Waals surface area contributed by atoms with E-state index in [0.29, 0.717) is 0 Å². The van der Waals surface area contributed by atoms with Crippen LogP contribution in [0.15, 0.2) is 0 Å². The predicted molar refractivity (Wildman–Crippen MR) is 76.6 cm³/mol. The van der Waals surface area contributed by atoms with Gasteiger partial charge in [0.2, 0.25) is 0 Å². The molecule has 1 heterocycles. The molecular formula is C13H23NO6S. The van der Waals surface area contributed by atoms with Gasteiger partial charge in [-0.25, -0.2) is 13.2 Å². The quantitative estimate of drug-likeness (QED) is 0.775. The molecule has 2 atom stereocenters. The molecule has 1 rings (SSSR count). The molecule has 1 saturated heterocycles. The van der Waals surface area contributed by atoms with Gasteiger partial charge in [-0.2, -0.15) is 0 Å². The number of rotatable bonds is 3. The van der Waals surface area contributed by atoms with Gasteiger partial charge in [0.25, 0.3) is 0 Å². The molecule has 0 spiro atoms. The van der Waals surface area contributed by atoms with Crippen molar-refractivity contribution in [3.05, 3.63) is 0 Å². The number of alkyl carbamates (subject to hydrolysis) is 1. The highest BCUT2D eigenvalue weighted by molar-refractivity contribution is 7.91. The molecule has 0 radical (unpaired) electrons. The Balaban J connectivity index is 2.73. The van der Waals surface area contributed by atoms with E-state index in [9.17, 15) is 18.0 Å². The van der Waals surface area contributed by atoms with Gasteiger partial charge in [-0.15, -0.1) is 0 Å². The van der Waals surface area contributed by atoms with Gasteiger partial charge in [0.05, 0.1) is 25.0 Å². The molecule has 1 N–H and O–H groups in total. The number of ether oxygens (including phenoxy) is 2. The van der Waals surface area contributed by atoms with Crippen LogP contribution in [0.5, 0.6) is 0 Å². The number of sulfone groups is 1. The highest BCUT2D eigenvalue weighted by Crippen LogP contribution is 2.23. The second kappa shape index (κ2) is 6.64. The first-order valence-corrected chi connectivity index (χ1v) is 8.61. The third-order valence-corrected chi connectivity index (χ3v) is 4.93. The molecule has 1 amide bonds. The van der Waals surface area contributed by atoms with Gasteiger partial charge in [0.15, 0.2) is 9.84 Å². The van der Waals surface area contributed by atoms with E-state index >= 15 is 0 Å². The van der Waals surface area contributed by atoms with Gasteiger partial charge in [-0.3, -0.25) is 4.79 Å². The van der Waals surface area contributed by atoms with Crippen molar-refractivity contribution in [2.75, 3.05) is 18.6 Å². The maximum Gasteiger partial charge on any atom is 0.407 e. The second-order valence-corrected chi connectivity index (χ2v) is 8.42. The Kier molecular flexibility index (Phi) is 5.61. The Labute approximate surface area is 125 Å². The summed E-state index contributed by atoms with van der Waals surface area (Å²) < 4.78 is 33.1. The van der Waals surface area contributed by atoms with Crippen LogP contribution in [0.4, 0.5) is 4.79 Å². The molecule has 0 unspecified atom stereocenters. The molecule has 0 saturated carbocycles. The van der Waals surface area contributed by atoms with E-state index in [1.807, 2.05) is 0 Å². The predicted octanol–water partition coefficient (Wildman–Crippen LogP) is 0.877. The standard InChI is InChI=1S/C13H23NO6S/c1-13(2,3)20-12(16)14-10-5-6-21(17,18)8-9(10)7-11(15)19-4/h9-10H,5-8H2,1-4H3,(H,14,16)/t9-,10+/m0/s1. The Morgan fingerprint density at radius 2 is 1.90 bits per heavy atom. The molecule has 0 aliphatic carbocycles. The van der Waals surface area contributed by atoms with E-state index < -0.39 is 39.5 Å². The molecular weight excluding hydrogens is 298 g/mol. The van der Waals surface area contributed by atoms with Crippen molar-refractivity contribution in [3.8, 4) is 0 Å². The Hall–Kier alpha value is -1.31. The SMILES string of the molecule is COC(=O)C[C@H]1CS(=O)(=O)CC[C@H]1NC(=O)OC(C)(C)C. The number of hydrogen-bond donors (Lipinski definition) is 1. The first-order valence-electron chi connectivity index (χ1n) is 6.79. The lowest BCUT2D eigenvalue weighted by Crippen LogP contribution is -2.49. The van der Waals surface area contributed by atoms with Crippen LogP contribution >= 0.6 is 0 Å². The smallest absolute Gasteiger partial charge is 0.407 e. The van der Waals surface area contributed by atoms with Gasteiger partial charge < -0.3 is 14.8 Å². The first kappa shape index (κ1) is 17.7. The monoisotopic (exact) mass is 321 g/mol. The van der Waals surface area contributed by atoms with Crippen LogP contribution in [-0.2, 0) is 24.1 Å². The molecule has 0 aromatic rings. The normalized spacial score (nSPS) is 25.0. The fraction of sp³-hybridized carbons (Fsp3) is 0.846. The third kappa shape index (κ3) is 6.33. The highest BCUT2D eigenvalue weighted by Gasteiger charge is 2.36. The van der Waals surface area contributed by atoms with Gasteiger partial charge in [0, 0.05) is 12.0 Å². The fourth-order valence-corrected chi connectivity index (χ4v) is 4.00. The summed E-state index contributed by atoms with van der Waals surface area (Å²) in [5, 5.41) is 2.66. The molecule has 1 fully saturated rings. The summed E-state index contributed by atoms with van der Waals surface area (Å²) in [6.45, 7) is 5.22. The van der Waals surface area contributed by atoms with E-state index in [4.69, 9.17) is 4.74 Å². The van der Waals surface area contributed by atoms with Crippen molar-refractivity contribution in [2.24, 2.45) is 5.92 Å².